The van der Waals surface area contributed by atoms with Crippen LogP contribution in [0, 0.1) is 0 Å². The second-order valence-electron chi connectivity index (χ2n) is 6.83. The second kappa shape index (κ2) is 6.60. The lowest BCUT2D eigenvalue weighted by Crippen LogP contribution is -2.40. The van der Waals surface area contributed by atoms with Crippen LogP contribution in [-0.4, -0.2) is 8.32 Å². The molecule has 0 fully saturated rings. The van der Waals surface area contributed by atoms with Gasteiger partial charge in [0.1, 0.15) is 0 Å². The molecule has 18 heavy (non-hydrogen) atoms. The van der Waals surface area contributed by atoms with E-state index in [1.165, 1.54) is 31.4 Å². The molecule has 1 aliphatic carbocycles. The molecule has 0 aromatic heterocycles. The van der Waals surface area contributed by atoms with Crippen LogP contribution >= 0.6 is 0 Å². The van der Waals surface area contributed by atoms with E-state index in [0.717, 1.165) is 12.8 Å². The molecule has 0 aromatic carbocycles. The third-order valence-electron chi connectivity index (χ3n) is 4.10. The second-order valence-corrected chi connectivity index (χ2v) is 11.6. The zero-order chi connectivity index (χ0) is 13.6. The van der Waals surface area contributed by atoms with Gasteiger partial charge in [-0.1, -0.05) is 32.9 Å². The molecule has 0 amide bonds. The molecule has 1 aliphatic rings. The Bertz CT molecular complexity index is 308. The van der Waals surface area contributed by atoms with E-state index in [2.05, 4.69) is 52.1 Å². The fourth-order valence-electron chi connectivity index (χ4n) is 1.80. The quantitative estimate of drug-likeness (QED) is 0.453. The maximum atomic E-state index is 6.45. The first-order valence-corrected chi connectivity index (χ1v) is 10.3. The Kier molecular flexibility index (Phi) is 5.70. The molecule has 0 saturated carbocycles. The van der Waals surface area contributed by atoms with Gasteiger partial charge in [0.2, 0.25) is 8.32 Å². The van der Waals surface area contributed by atoms with Crippen molar-refractivity contribution in [1.82, 2.24) is 0 Å². The van der Waals surface area contributed by atoms with Crippen LogP contribution in [0.5, 0.6) is 0 Å². The Morgan fingerprint density at radius 2 is 1.61 bits per heavy atom. The maximum absolute atomic E-state index is 6.45. The van der Waals surface area contributed by atoms with Gasteiger partial charge in [0.15, 0.2) is 0 Å². The Hall–Kier alpha value is -0.503. The zero-order valence-electron chi connectivity index (χ0n) is 12.9. The van der Waals surface area contributed by atoms with E-state index in [-0.39, 0.29) is 0 Å². The summed E-state index contributed by atoms with van der Waals surface area (Å²) in [5, 5.41) is 0.295. The Morgan fingerprint density at radius 3 is 2.22 bits per heavy atom. The van der Waals surface area contributed by atoms with E-state index in [9.17, 15) is 0 Å². The zero-order valence-corrected chi connectivity index (χ0v) is 13.9. The fourth-order valence-corrected chi connectivity index (χ4v) is 2.95. The average Bonchev–Trinajstić information content (AvgIpc) is 2.25. The predicted octanol–water partition coefficient (Wildman–Crippen LogP) is 5.80. The van der Waals surface area contributed by atoms with Crippen molar-refractivity contribution in [2.24, 2.45) is 0 Å². The summed E-state index contributed by atoms with van der Waals surface area (Å²) >= 11 is 0. The number of hydrogen-bond donors (Lipinski definition) is 0. The van der Waals surface area contributed by atoms with Crippen LogP contribution in [-0.2, 0) is 4.43 Å². The molecule has 104 valence electrons. The SMILES string of the molecule is CC(C)(C)[Si](C)(C)O/C1=C/CCC/C=C/CCC1. The molecule has 0 aliphatic heterocycles. The Labute approximate surface area is 114 Å². The number of rotatable bonds is 2. The van der Waals surface area contributed by atoms with Gasteiger partial charge in [0, 0.05) is 6.42 Å². The van der Waals surface area contributed by atoms with E-state index in [0.29, 0.717) is 5.04 Å². The van der Waals surface area contributed by atoms with Crippen molar-refractivity contribution in [3.8, 4) is 0 Å². The summed E-state index contributed by atoms with van der Waals surface area (Å²) in [6.07, 6.45) is 14.1. The van der Waals surface area contributed by atoms with Crippen LogP contribution < -0.4 is 0 Å². The highest BCUT2D eigenvalue weighted by Crippen LogP contribution is 2.38. The lowest BCUT2D eigenvalue weighted by molar-refractivity contribution is 0.361. The topological polar surface area (TPSA) is 9.23 Å². The average molecular weight is 267 g/mol. The highest BCUT2D eigenvalue weighted by atomic mass is 28.4. The minimum Gasteiger partial charge on any atom is -0.547 e. The van der Waals surface area contributed by atoms with Gasteiger partial charge in [0.25, 0.3) is 0 Å². The largest absolute Gasteiger partial charge is 0.547 e. The van der Waals surface area contributed by atoms with Gasteiger partial charge in [0.05, 0.1) is 5.76 Å². The summed E-state index contributed by atoms with van der Waals surface area (Å²) in [6.45, 7) is 11.6. The number of hydrogen-bond acceptors (Lipinski definition) is 1. The molecule has 1 nitrogen and oxygen atoms in total. The van der Waals surface area contributed by atoms with Crippen molar-refractivity contribution in [3.05, 3.63) is 24.0 Å². The summed E-state index contributed by atoms with van der Waals surface area (Å²) in [5.74, 6) is 1.26. The first kappa shape index (κ1) is 15.6. The van der Waals surface area contributed by atoms with E-state index in [4.69, 9.17) is 4.43 Å². The third-order valence-corrected chi connectivity index (χ3v) is 8.48. The van der Waals surface area contributed by atoms with Gasteiger partial charge in [-0.3, -0.25) is 0 Å². The van der Waals surface area contributed by atoms with Crippen LogP contribution in [0.3, 0.4) is 0 Å². The van der Waals surface area contributed by atoms with Crippen LogP contribution in [0.4, 0.5) is 0 Å². The van der Waals surface area contributed by atoms with Crippen molar-refractivity contribution >= 4 is 8.32 Å². The Balaban J connectivity index is 2.65. The first-order valence-electron chi connectivity index (χ1n) is 7.36. The molecule has 0 aromatic rings. The van der Waals surface area contributed by atoms with Crippen molar-refractivity contribution in [3.63, 3.8) is 0 Å². The minimum atomic E-state index is -1.65. The highest BCUT2D eigenvalue weighted by molar-refractivity contribution is 6.74. The first-order chi connectivity index (χ1) is 8.33. The van der Waals surface area contributed by atoms with Crippen molar-refractivity contribution in [2.75, 3.05) is 0 Å². The van der Waals surface area contributed by atoms with Crippen molar-refractivity contribution < 1.29 is 4.43 Å². The molecule has 0 radical (unpaired) electrons. The van der Waals surface area contributed by atoms with Gasteiger partial charge in [-0.15, -0.1) is 0 Å². The van der Waals surface area contributed by atoms with Crippen LogP contribution in [0.25, 0.3) is 0 Å². The summed E-state index contributed by atoms with van der Waals surface area (Å²) < 4.78 is 6.45. The molecule has 0 spiro atoms. The lowest BCUT2D eigenvalue weighted by Gasteiger charge is -2.37. The van der Waals surface area contributed by atoms with Crippen LogP contribution in [0.1, 0.15) is 59.3 Å². The molecule has 1 rings (SSSR count). The molecule has 0 atom stereocenters. The standard InChI is InChI=1S/C16H30OSi/c1-16(2,3)18(4,5)17-15-13-11-9-7-6-8-10-12-14-15/h6-7,14H,8-13H2,1-5H3/b7-6+,15-14+. The van der Waals surface area contributed by atoms with Crippen LogP contribution in [0.2, 0.25) is 18.1 Å². The molecule has 0 saturated heterocycles. The van der Waals surface area contributed by atoms with Gasteiger partial charge in [-0.25, -0.2) is 0 Å². The van der Waals surface area contributed by atoms with Gasteiger partial charge in [-0.2, -0.15) is 0 Å². The van der Waals surface area contributed by atoms with Gasteiger partial charge < -0.3 is 4.43 Å². The normalized spacial score (nSPS) is 23.9. The summed E-state index contributed by atoms with van der Waals surface area (Å²) in [5.41, 5.74) is 0. The summed E-state index contributed by atoms with van der Waals surface area (Å²) in [4.78, 5) is 0. The maximum Gasteiger partial charge on any atom is 0.250 e. The molecule has 0 heterocycles. The lowest BCUT2D eigenvalue weighted by atomic mass is 10.1. The number of allylic oxidation sites excluding steroid dienone is 4. The monoisotopic (exact) mass is 266 g/mol. The fraction of sp³-hybridized carbons (Fsp3) is 0.750. The summed E-state index contributed by atoms with van der Waals surface area (Å²) in [7, 11) is -1.65. The highest BCUT2D eigenvalue weighted by Gasteiger charge is 2.39. The smallest absolute Gasteiger partial charge is 0.250 e. The minimum absolute atomic E-state index is 0.295. The van der Waals surface area contributed by atoms with Crippen molar-refractivity contribution in [2.45, 2.75) is 77.4 Å². The van der Waals surface area contributed by atoms with Gasteiger partial charge in [-0.05, 0) is 56.3 Å². The van der Waals surface area contributed by atoms with E-state index >= 15 is 0 Å². The predicted molar refractivity (Wildman–Crippen MR) is 83.2 cm³/mol. The van der Waals surface area contributed by atoms with Crippen LogP contribution in [0.15, 0.2) is 24.0 Å². The molecular formula is C16H30OSi. The molecule has 0 unspecified atom stereocenters. The van der Waals surface area contributed by atoms with E-state index in [1.54, 1.807) is 0 Å². The molecular weight excluding hydrogens is 236 g/mol. The van der Waals surface area contributed by atoms with Crippen molar-refractivity contribution in [1.29, 1.82) is 0 Å². The molecule has 2 heteroatoms. The van der Waals surface area contributed by atoms with E-state index < -0.39 is 8.32 Å². The Morgan fingerprint density at radius 1 is 1.00 bits per heavy atom. The van der Waals surface area contributed by atoms with E-state index in [1.807, 2.05) is 0 Å². The molecule has 0 N–H and O–H groups in total. The summed E-state index contributed by atoms with van der Waals surface area (Å²) in [6, 6.07) is 0. The molecule has 0 bridgehead atoms. The van der Waals surface area contributed by atoms with Gasteiger partial charge >= 0.3 is 0 Å². The third kappa shape index (κ3) is 5.01.